The minimum Gasteiger partial charge on any atom is -0.369 e. The van der Waals surface area contributed by atoms with Crippen molar-refractivity contribution in [3.8, 4) is 0 Å². The Kier molecular flexibility index (Phi) is 3.26. The second-order valence-corrected chi connectivity index (χ2v) is 4.34. The highest BCUT2D eigenvalue weighted by Gasteiger charge is 2.10. The summed E-state index contributed by atoms with van der Waals surface area (Å²) in [5.41, 5.74) is 6.78. The normalized spacial score (nSPS) is 17.4. The van der Waals surface area contributed by atoms with E-state index < -0.39 is 0 Å². The van der Waals surface area contributed by atoms with Crippen molar-refractivity contribution in [1.82, 2.24) is 14.5 Å². The van der Waals surface area contributed by atoms with Gasteiger partial charge in [0, 0.05) is 12.7 Å². The second-order valence-electron chi connectivity index (χ2n) is 4.34. The number of aromatic nitrogens is 2. The summed E-state index contributed by atoms with van der Waals surface area (Å²) in [4.78, 5) is 6.72. The van der Waals surface area contributed by atoms with E-state index in [0.29, 0.717) is 5.95 Å². The van der Waals surface area contributed by atoms with Gasteiger partial charge >= 0.3 is 0 Å². The van der Waals surface area contributed by atoms with E-state index in [9.17, 15) is 0 Å². The van der Waals surface area contributed by atoms with E-state index in [4.69, 9.17) is 5.73 Å². The van der Waals surface area contributed by atoms with Crippen molar-refractivity contribution in [2.45, 2.75) is 32.7 Å². The van der Waals surface area contributed by atoms with E-state index >= 15 is 0 Å². The molecule has 0 bridgehead atoms. The molecule has 2 heterocycles. The quantitative estimate of drug-likeness (QED) is 0.810. The molecular formula is C11H20N4. The van der Waals surface area contributed by atoms with Gasteiger partial charge in [0.1, 0.15) is 0 Å². The Hall–Kier alpha value is -1.03. The monoisotopic (exact) mass is 208 g/mol. The molecule has 0 unspecified atom stereocenters. The third-order valence-corrected chi connectivity index (χ3v) is 3.00. The number of hydrogen-bond acceptors (Lipinski definition) is 3. The zero-order chi connectivity index (χ0) is 10.7. The smallest absolute Gasteiger partial charge is 0.200 e. The zero-order valence-corrected chi connectivity index (χ0v) is 9.45. The third kappa shape index (κ3) is 2.72. The molecule has 15 heavy (non-hydrogen) atoms. The molecule has 4 heteroatoms. The van der Waals surface area contributed by atoms with Crippen LogP contribution in [0.3, 0.4) is 0 Å². The van der Waals surface area contributed by atoms with E-state index in [1.165, 1.54) is 38.9 Å². The lowest BCUT2D eigenvalue weighted by molar-refractivity contribution is 0.325. The van der Waals surface area contributed by atoms with E-state index in [0.717, 1.165) is 12.2 Å². The van der Waals surface area contributed by atoms with Gasteiger partial charge in [-0.25, -0.2) is 4.98 Å². The van der Waals surface area contributed by atoms with Gasteiger partial charge in [0.15, 0.2) is 5.95 Å². The highest BCUT2D eigenvalue weighted by Crippen LogP contribution is 2.09. The minimum absolute atomic E-state index is 0.647. The van der Waals surface area contributed by atoms with Crippen LogP contribution in [0.2, 0.25) is 0 Å². The molecule has 1 aliphatic heterocycles. The van der Waals surface area contributed by atoms with Crippen LogP contribution >= 0.6 is 0 Å². The molecule has 0 aliphatic carbocycles. The molecular weight excluding hydrogens is 188 g/mol. The van der Waals surface area contributed by atoms with Crippen LogP contribution < -0.4 is 5.73 Å². The maximum absolute atomic E-state index is 5.77. The van der Waals surface area contributed by atoms with Crippen LogP contribution in [-0.2, 0) is 6.54 Å². The first-order valence-corrected chi connectivity index (χ1v) is 5.77. The molecule has 0 radical (unpaired) electrons. The van der Waals surface area contributed by atoms with Crippen molar-refractivity contribution in [2.75, 3.05) is 25.4 Å². The number of imidazole rings is 1. The first-order valence-electron chi connectivity index (χ1n) is 5.77. The predicted octanol–water partition coefficient (Wildman–Crippen LogP) is 1.26. The summed E-state index contributed by atoms with van der Waals surface area (Å²) in [6, 6.07) is 0. The van der Waals surface area contributed by atoms with Crippen LogP contribution in [0.15, 0.2) is 6.20 Å². The Morgan fingerprint density at radius 1 is 1.33 bits per heavy atom. The Morgan fingerprint density at radius 2 is 2.07 bits per heavy atom. The molecule has 1 aromatic heterocycles. The maximum atomic E-state index is 5.77. The molecule has 2 rings (SSSR count). The predicted molar refractivity (Wildman–Crippen MR) is 61.7 cm³/mol. The van der Waals surface area contributed by atoms with Crippen LogP contribution in [0, 0.1) is 6.92 Å². The standard InChI is InChI=1S/C11H20N4/c1-10-9-15(11(12)13-10)8-4-7-14-5-2-3-6-14/h9H,2-8H2,1H3,(H2,12,13). The van der Waals surface area contributed by atoms with Crippen LogP contribution in [0.25, 0.3) is 0 Å². The molecule has 0 aromatic carbocycles. The van der Waals surface area contributed by atoms with Gasteiger partial charge in [-0.05, 0) is 45.8 Å². The highest BCUT2D eigenvalue weighted by atomic mass is 15.2. The van der Waals surface area contributed by atoms with Crippen LogP contribution in [-0.4, -0.2) is 34.1 Å². The summed E-state index contributed by atoms with van der Waals surface area (Å²) >= 11 is 0. The summed E-state index contributed by atoms with van der Waals surface area (Å²) in [6.07, 6.45) is 5.93. The molecule has 0 atom stereocenters. The van der Waals surface area contributed by atoms with Crippen molar-refractivity contribution in [1.29, 1.82) is 0 Å². The zero-order valence-electron chi connectivity index (χ0n) is 9.45. The van der Waals surface area contributed by atoms with Gasteiger partial charge in [0.2, 0.25) is 0 Å². The first-order chi connectivity index (χ1) is 7.25. The topological polar surface area (TPSA) is 47.1 Å². The van der Waals surface area contributed by atoms with E-state index in [1.807, 2.05) is 17.7 Å². The summed E-state index contributed by atoms with van der Waals surface area (Å²) < 4.78 is 2.05. The van der Waals surface area contributed by atoms with Gasteiger partial charge in [-0.15, -0.1) is 0 Å². The van der Waals surface area contributed by atoms with Gasteiger partial charge in [-0.3, -0.25) is 0 Å². The SMILES string of the molecule is Cc1cn(CCCN2CCCC2)c(N)n1. The van der Waals surface area contributed by atoms with Crippen molar-refractivity contribution >= 4 is 5.95 Å². The number of nitrogens with two attached hydrogens (primary N) is 1. The van der Waals surface area contributed by atoms with Gasteiger partial charge in [0.05, 0.1) is 5.69 Å². The number of nitrogen functional groups attached to an aromatic ring is 1. The molecule has 84 valence electrons. The molecule has 1 saturated heterocycles. The molecule has 1 aliphatic rings. The number of aryl methyl sites for hydroxylation is 2. The van der Waals surface area contributed by atoms with Crippen molar-refractivity contribution in [3.05, 3.63) is 11.9 Å². The molecule has 1 aromatic rings. The summed E-state index contributed by atoms with van der Waals surface area (Å²) in [6.45, 7) is 6.71. The Labute approximate surface area is 91.1 Å². The fourth-order valence-electron chi connectivity index (χ4n) is 2.22. The van der Waals surface area contributed by atoms with Crippen LogP contribution in [0.4, 0.5) is 5.95 Å². The number of hydrogen-bond donors (Lipinski definition) is 1. The number of rotatable bonds is 4. The molecule has 0 amide bonds. The van der Waals surface area contributed by atoms with E-state index in [1.54, 1.807) is 0 Å². The average Bonchev–Trinajstić information content (AvgIpc) is 2.77. The Morgan fingerprint density at radius 3 is 2.67 bits per heavy atom. The van der Waals surface area contributed by atoms with Gasteiger partial charge in [0.25, 0.3) is 0 Å². The van der Waals surface area contributed by atoms with E-state index in [2.05, 4.69) is 9.88 Å². The van der Waals surface area contributed by atoms with Gasteiger partial charge in [-0.1, -0.05) is 0 Å². The number of anilines is 1. The fraction of sp³-hybridized carbons (Fsp3) is 0.727. The Balaban J connectivity index is 1.75. The van der Waals surface area contributed by atoms with Gasteiger partial charge in [-0.2, -0.15) is 0 Å². The molecule has 4 nitrogen and oxygen atoms in total. The molecule has 2 N–H and O–H groups in total. The average molecular weight is 208 g/mol. The van der Waals surface area contributed by atoms with Crippen molar-refractivity contribution in [2.24, 2.45) is 0 Å². The third-order valence-electron chi connectivity index (χ3n) is 3.00. The first kappa shape index (κ1) is 10.5. The van der Waals surface area contributed by atoms with Crippen molar-refractivity contribution < 1.29 is 0 Å². The lowest BCUT2D eigenvalue weighted by Crippen LogP contribution is -2.21. The highest BCUT2D eigenvalue weighted by molar-refractivity contribution is 5.20. The minimum atomic E-state index is 0.647. The number of nitrogens with zero attached hydrogens (tertiary/aromatic N) is 3. The molecule has 0 spiro atoms. The number of likely N-dealkylation sites (tertiary alicyclic amines) is 1. The summed E-state index contributed by atoms with van der Waals surface area (Å²) in [5.74, 6) is 0.647. The summed E-state index contributed by atoms with van der Waals surface area (Å²) in [7, 11) is 0. The lowest BCUT2D eigenvalue weighted by atomic mass is 10.4. The second kappa shape index (κ2) is 4.66. The fourth-order valence-corrected chi connectivity index (χ4v) is 2.22. The Bertz CT molecular complexity index is 312. The van der Waals surface area contributed by atoms with Crippen molar-refractivity contribution in [3.63, 3.8) is 0 Å². The van der Waals surface area contributed by atoms with Crippen LogP contribution in [0.5, 0.6) is 0 Å². The largest absolute Gasteiger partial charge is 0.369 e. The lowest BCUT2D eigenvalue weighted by Gasteiger charge is -2.14. The molecule has 0 saturated carbocycles. The van der Waals surface area contributed by atoms with Gasteiger partial charge < -0.3 is 15.2 Å². The van der Waals surface area contributed by atoms with E-state index in [-0.39, 0.29) is 0 Å². The maximum Gasteiger partial charge on any atom is 0.200 e. The van der Waals surface area contributed by atoms with Crippen LogP contribution in [0.1, 0.15) is 25.0 Å². The molecule has 1 fully saturated rings. The summed E-state index contributed by atoms with van der Waals surface area (Å²) in [5, 5.41) is 0.